The van der Waals surface area contributed by atoms with E-state index in [1.54, 1.807) is 0 Å². The lowest BCUT2D eigenvalue weighted by atomic mass is 10.2. The SMILES string of the molecule is NC(=O)c1cccnc1OC(F)C(F)F. The Morgan fingerprint density at radius 2 is 2.13 bits per heavy atom. The van der Waals surface area contributed by atoms with E-state index in [0.29, 0.717) is 0 Å². The highest BCUT2D eigenvalue weighted by Crippen LogP contribution is 2.18. The van der Waals surface area contributed by atoms with E-state index in [9.17, 15) is 18.0 Å². The third-order valence-corrected chi connectivity index (χ3v) is 1.46. The van der Waals surface area contributed by atoms with Crippen LogP contribution in [-0.2, 0) is 0 Å². The number of amides is 1. The molecule has 1 aromatic rings. The maximum absolute atomic E-state index is 12.5. The van der Waals surface area contributed by atoms with Gasteiger partial charge in [-0.3, -0.25) is 4.79 Å². The second-order valence-electron chi connectivity index (χ2n) is 2.52. The van der Waals surface area contributed by atoms with Crippen LogP contribution in [0.1, 0.15) is 10.4 Å². The first-order chi connectivity index (χ1) is 7.02. The van der Waals surface area contributed by atoms with Crippen LogP contribution in [0.2, 0.25) is 0 Å². The maximum atomic E-state index is 12.5. The first-order valence-electron chi connectivity index (χ1n) is 3.86. The molecule has 0 fully saturated rings. The highest BCUT2D eigenvalue weighted by Gasteiger charge is 2.23. The number of alkyl halides is 3. The number of hydrogen-bond donors (Lipinski definition) is 1. The highest BCUT2D eigenvalue weighted by molar-refractivity contribution is 5.94. The van der Waals surface area contributed by atoms with Gasteiger partial charge in [-0.15, -0.1) is 0 Å². The molecule has 1 heterocycles. The number of pyridine rings is 1. The summed E-state index contributed by atoms with van der Waals surface area (Å²) in [6, 6.07) is 2.55. The van der Waals surface area contributed by atoms with Crippen molar-refractivity contribution >= 4 is 5.91 Å². The van der Waals surface area contributed by atoms with Gasteiger partial charge in [0.2, 0.25) is 5.88 Å². The molecule has 0 saturated carbocycles. The van der Waals surface area contributed by atoms with Crippen LogP contribution >= 0.6 is 0 Å². The predicted molar refractivity (Wildman–Crippen MR) is 44.3 cm³/mol. The van der Waals surface area contributed by atoms with Crippen LogP contribution in [0.25, 0.3) is 0 Å². The van der Waals surface area contributed by atoms with Gasteiger partial charge in [-0.05, 0) is 12.1 Å². The Kier molecular flexibility index (Phi) is 3.48. The minimum absolute atomic E-state index is 0.249. The van der Waals surface area contributed by atoms with Gasteiger partial charge in [0.15, 0.2) is 0 Å². The Balaban J connectivity index is 2.89. The summed E-state index contributed by atoms with van der Waals surface area (Å²) in [7, 11) is 0. The number of carbonyl (C=O) groups is 1. The van der Waals surface area contributed by atoms with E-state index in [-0.39, 0.29) is 5.56 Å². The Bertz CT molecular complexity index is 359. The lowest BCUT2D eigenvalue weighted by molar-refractivity contribution is -0.0692. The summed E-state index contributed by atoms with van der Waals surface area (Å²) >= 11 is 0. The zero-order valence-corrected chi connectivity index (χ0v) is 7.36. The van der Waals surface area contributed by atoms with Crippen molar-refractivity contribution in [3.63, 3.8) is 0 Å². The van der Waals surface area contributed by atoms with Gasteiger partial charge in [0.05, 0.1) is 0 Å². The third kappa shape index (κ3) is 2.83. The van der Waals surface area contributed by atoms with Crippen molar-refractivity contribution < 1.29 is 22.7 Å². The van der Waals surface area contributed by atoms with Crippen LogP contribution < -0.4 is 10.5 Å². The summed E-state index contributed by atoms with van der Waals surface area (Å²) in [5.41, 5.74) is 4.65. The molecular weight excluding hydrogens is 213 g/mol. The van der Waals surface area contributed by atoms with E-state index in [1.807, 2.05) is 0 Å². The first-order valence-corrected chi connectivity index (χ1v) is 3.86. The van der Waals surface area contributed by atoms with Gasteiger partial charge in [0.25, 0.3) is 12.3 Å². The molecule has 0 aromatic carbocycles. The van der Waals surface area contributed by atoms with Gasteiger partial charge in [0.1, 0.15) is 5.56 Å². The summed E-state index contributed by atoms with van der Waals surface area (Å²) < 4.78 is 40.2. The van der Waals surface area contributed by atoms with Gasteiger partial charge in [-0.25, -0.2) is 13.8 Å². The highest BCUT2D eigenvalue weighted by atomic mass is 19.3. The molecule has 2 N–H and O–H groups in total. The molecule has 1 atom stereocenters. The van der Waals surface area contributed by atoms with Crippen LogP contribution in [0, 0.1) is 0 Å². The Hall–Kier alpha value is -1.79. The van der Waals surface area contributed by atoms with Crippen molar-refractivity contribution in [2.24, 2.45) is 5.73 Å². The number of halogens is 3. The van der Waals surface area contributed by atoms with E-state index >= 15 is 0 Å². The van der Waals surface area contributed by atoms with Crippen molar-refractivity contribution in [1.82, 2.24) is 4.98 Å². The zero-order valence-electron chi connectivity index (χ0n) is 7.36. The quantitative estimate of drug-likeness (QED) is 0.826. The van der Waals surface area contributed by atoms with Crippen LogP contribution in [0.15, 0.2) is 18.3 Å². The maximum Gasteiger partial charge on any atom is 0.304 e. The average molecular weight is 220 g/mol. The van der Waals surface area contributed by atoms with Crippen molar-refractivity contribution in [3.8, 4) is 5.88 Å². The fraction of sp³-hybridized carbons (Fsp3) is 0.250. The lowest BCUT2D eigenvalue weighted by Gasteiger charge is -2.10. The summed E-state index contributed by atoms with van der Waals surface area (Å²) in [5, 5.41) is 0. The van der Waals surface area contributed by atoms with Gasteiger partial charge < -0.3 is 10.5 Å². The van der Waals surface area contributed by atoms with E-state index in [2.05, 4.69) is 9.72 Å². The normalized spacial score (nSPS) is 12.5. The zero-order chi connectivity index (χ0) is 11.4. The lowest BCUT2D eigenvalue weighted by Crippen LogP contribution is -2.22. The van der Waals surface area contributed by atoms with E-state index in [1.165, 1.54) is 18.3 Å². The summed E-state index contributed by atoms with van der Waals surface area (Å²) in [6.45, 7) is 0. The molecule has 1 rings (SSSR count). The number of nitrogens with zero attached hydrogens (tertiary/aromatic N) is 1. The fourth-order valence-electron chi connectivity index (χ4n) is 0.830. The minimum Gasteiger partial charge on any atom is -0.436 e. The Labute approximate surface area is 82.9 Å². The second-order valence-corrected chi connectivity index (χ2v) is 2.52. The molecule has 0 radical (unpaired) electrons. The van der Waals surface area contributed by atoms with Gasteiger partial charge in [-0.2, -0.15) is 4.39 Å². The van der Waals surface area contributed by atoms with Gasteiger partial charge >= 0.3 is 6.43 Å². The van der Waals surface area contributed by atoms with Crippen LogP contribution in [-0.4, -0.2) is 23.7 Å². The molecule has 1 amide bonds. The number of primary amides is 1. The Morgan fingerprint density at radius 1 is 1.47 bits per heavy atom. The molecule has 7 heteroatoms. The van der Waals surface area contributed by atoms with Crippen molar-refractivity contribution in [2.45, 2.75) is 12.8 Å². The third-order valence-electron chi connectivity index (χ3n) is 1.46. The monoisotopic (exact) mass is 220 g/mol. The van der Waals surface area contributed by atoms with Crippen LogP contribution in [0.3, 0.4) is 0 Å². The molecular formula is C8H7F3N2O2. The largest absolute Gasteiger partial charge is 0.436 e. The molecule has 1 aromatic heterocycles. The summed E-state index contributed by atoms with van der Waals surface area (Å²) in [4.78, 5) is 14.2. The van der Waals surface area contributed by atoms with E-state index in [0.717, 1.165) is 0 Å². The number of ether oxygens (including phenoxy) is 1. The number of carbonyl (C=O) groups excluding carboxylic acids is 1. The molecule has 0 spiro atoms. The standard InChI is InChI=1S/C8H7F3N2O2/c9-5(10)6(11)15-8-4(7(12)14)2-1-3-13-8/h1-3,5-6H,(H2,12,14). The molecule has 0 bridgehead atoms. The smallest absolute Gasteiger partial charge is 0.304 e. The average Bonchev–Trinajstić information content (AvgIpc) is 2.18. The van der Waals surface area contributed by atoms with Gasteiger partial charge in [-0.1, -0.05) is 0 Å². The molecule has 0 aliphatic carbocycles. The number of aromatic nitrogens is 1. The number of hydrogen-bond acceptors (Lipinski definition) is 3. The van der Waals surface area contributed by atoms with Crippen molar-refractivity contribution in [1.29, 1.82) is 0 Å². The molecule has 0 aliphatic rings. The molecule has 82 valence electrons. The first kappa shape index (κ1) is 11.3. The van der Waals surface area contributed by atoms with Crippen LogP contribution in [0.5, 0.6) is 5.88 Å². The molecule has 15 heavy (non-hydrogen) atoms. The topological polar surface area (TPSA) is 65.2 Å². The number of rotatable bonds is 4. The van der Waals surface area contributed by atoms with Crippen LogP contribution in [0.4, 0.5) is 13.2 Å². The van der Waals surface area contributed by atoms with E-state index < -0.39 is 24.6 Å². The van der Waals surface area contributed by atoms with E-state index in [4.69, 9.17) is 5.73 Å². The minimum atomic E-state index is -3.31. The molecule has 1 unspecified atom stereocenters. The number of nitrogens with two attached hydrogens (primary N) is 1. The summed E-state index contributed by atoms with van der Waals surface area (Å²) in [6.07, 6.45) is -4.98. The fourth-order valence-corrected chi connectivity index (χ4v) is 0.830. The Morgan fingerprint density at radius 3 is 2.67 bits per heavy atom. The van der Waals surface area contributed by atoms with Crippen molar-refractivity contribution in [3.05, 3.63) is 23.9 Å². The molecule has 0 saturated heterocycles. The van der Waals surface area contributed by atoms with Gasteiger partial charge in [0, 0.05) is 6.20 Å². The summed E-state index contributed by atoms with van der Waals surface area (Å²) in [5.74, 6) is -1.47. The molecule has 0 aliphatic heterocycles. The second kappa shape index (κ2) is 4.63. The molecule has 4 nitrogen and oxygen atoms in total. The van der Waals surface area contributed by atoms with Crippen molar-refractivity contribution in [2.75, 3.05) is 0 Å². The predicted octanol–water partition coefficient (Wildman–Crippen LogP) is 1.12.